The van der Waals surface area contributed by atoms with Crippen LogP contribution in [0.1, 0.15) is 96.5 Å². The molecule has 0 aliphatic rings. The lowest BCUT2D eigenvalue weighted by Gasteiger charge is -2.22. The van der Waals surface area contributed by atoms with E-state index < -0.39 is 11.7 Å². The predicted molar refractivity (Wildman–Crippen MR) is 142 cm³/mol. The van der Waals surface area contributed by atoms with Crippen molar-refractivity contribution in [2.45, 2.75) is 97.1 Å². The molecule has 0 saturated carbocycles. The van der Waals surface area contributed by atoms with E-state index in [-0.39, 0.29) is 23.4 Å². The molecule has 1 aromatic heterocycles. The molecule has 37 heavy (non-hydrogen) atoms. The van der Waals surface area contributed by atoms with E-state index in [1.54, 1.807) is 4.90 Å². The topological polar surface area (TPSA) is 75.2 Å². The fourth-order valence-corrected chi connectivity index (χ4v) is 4.75. The van der Waals surface area contributed by atoms with Crippen LogP contribution in [0.15, 0.2) is 24.3 Å². The molecule has 0 bridgehead atoms. The van der Waals surface area contributed by atoms with Crippen molar-refractivity contribution in [1.29, 1.82) is 0 Å². The Morgan fingerprint density at radius 2 is 1.46 bits per heavy atom. The highest BCUT2D eigenvalue weighted by Crippen LogP contribution is 2.32. The number of hydrogen-bond donors (Lipinski definition) is 1. The summed E-state index contributed by atoms with van der Waals surface area (Å²) in [6.45, 7) is 5.16. The summed E-state index contributed by atoms with van der Waals surface area (Å²) < 4.78 is 38.2. The first-order chi connectivity index (χ1) is 17.7. The Kier molecular flexibility index (Phi) is 13.6. The lowest BCUT2D eigenvalue weighted by molar-refractivity contribution is -0.137. The first-order valence-corrected chi connectivity index (χ1v) is 14.1. The second-order valence-electron chi connectivity index (χ2n) is 9.24. The van der Waals surface area contributed by atoms with Crippen molar-refractivity contribution in [3.63, 3.8) is 0 Å². The van der Waals surface area contributed by atoms with E-state index in [4.69, 9.17) is 0 Å². The van der Waals surface area contributed by atoms with Crippen molar-refractivity contribution in [3.8, 4) is 10.6 Å². The molecule has 2 amide bonds. The highest BCUT2D eigenvalue weighted by Gasteiger charge is 2.30. The highest BCUT2D eigenvalue weighted by atomic mass is 32.1. The number of unbranched alkanes of at least 4 members (excludes halogenated alkanes) is 8. The molecule has 6 nitrogen and oxygen atoms in total. The number of alkyl halides is 3. The lowest BCUT2D eigenvalue weighted by atomic mass is 10.1. The van der Waals surface area contributed by atoms with Gasteiger partial charge in [0, 0.05) is 31.5 Å². The van der Waals surface area contributed by atoms with Crippen LogP contribution in [0.4, 0.5) is 18.3 Å². The van der Waals surface area contributed by atoms with Gasteiger partial charge in [-0.25, -0.2) is 0 Å². The van der Waals surface area contributed by atoms with Gasteiger partial charge in [0.25, 0.3) is 0 Å². The maximum atomic E-state index is 12.7. The fourth-order valence-electron chi connectivity index (χ4n) is 3.99. The van der Waals surface area contributed by atoms with Gasteiger partial charge >= 0.3 is 6.18 Å². The van der Waals surface area contributed by atoms with Gasteiger partial charge in [-0.2, -0.15) is 13.2 Å². The Bertz CT molecular complexity index is 948. The Morgan fingerprint density at radius 3 is 2.05 bits per heavy atom. The molecular weight excluding hydrogens is 501 g/mol. The summed E-state index contributed by atoms with van der Waals surface area (Å²) in [6.07, 6.45) is 7.81. The van der Waals surface area contributed by atoms with Crippen molar-refractivity contribution < 1.29 is 22.8 Å². The SMILES string of the molecule is CCCCCCCCCCCC(=O)N(CCC)CCC(=O)Nc1nnc(-c2ccc(C(F)(F)F)cc2)s1. The van der Waals surface area contributed by atoms with E-state index in [1.807, 2.05) is 6.92 Å². The van der Waals surface area contributed by atoms with Crippen LogP contribution in [-0.4, -0.2) is 40.0 Å². The summed E-state index contributed by atoms with van der Waals surface area (Å²) in [7, 11) is 0. The monoisotopic (exact) mass is 540 g/mol. The van der Waals surface area contributed by atoms with Crippen molar-refractivity contribution >= 4 is 28.3 Å². The number of anilines is 1. The highest BCUT2D eigenvalue weighted by molar-refractivity contribution is 7.18. The Balaban J connectivity index is 1.73. The summed E-state index contributed by atoms with van der Waals surface area (Å²) >= 11 is 1.09. The number of halogens is 3. The number of carbonyl (C=O) groups excluding carboxylic acids is 2. The van der Waals surface area contributed by atoms with E-state index in [2.05, 4.69) is 22.4 Å². The molecule has 206 valence electrons. The van der Waals surface area contributed by atoms with Crippen LogP contribution in [0.3, 0.4) is 0 Å². The summed E-state index contributed by atoms with van der Waals surface area (Å²) in [5.41, 5.74) is -0.250. The normalized spacial score (nSPS) is 11.5. The summed E-state index contributed by atoms with van der Waals surface area (Å²) in [6, 6.07) is 4.64. The van der Waals surface area contributed by atoms with Crippen molar-refractivity contribution in [2.75, 3.05) is 18.4 Å². The van der Waals surface area contributed by atoms with Crippen LogP contribution < -0.4 is 5.32 Å². The summed E-state index contributed by atoms with van der Waals surface area (Å²) in [5, 5.41) is 11.2. The second-order valence-corrected chi connectivity index (χ2v) is 10.2. The van der Waals surface area contributed by atoms with Crippen LogP contribution >= 0.6 is 11.3 Å². The van der Waals surface area contributed by atoms with E-state index in [9.17, 15) is 22.8 Å². The largest absolute Gasteiger partial charge is 0.416 e. The number of benzene rings is 1. The fraction of sp³-hybridized carbons (Fsp3) is 0.630. The number of rotatable bonds is 17. The molecule has 0 saturated heterocycles. The molecule has 2 aromatic rings. The van der Waals surface area contributed by atoms with Gasteiger partial charge in [0.05, 0.1) is 5.56 Å². The van der Waals surface area contributed by atoms with E-state index >= 15 is 0 Å². The lowest BCUT2D eigenvalue weighted by Crippen LogP contribution is -2.34. The van der Waals surface area contributed by atoms with Gasteiger partial charge in [0.1, 0.15) is 5.01 Å². The minimum Gasteiger partial charge on any atom is -0.342 e. The molecule has 1 N–H and O–H groups in total. The molecule has 1 heterocycles. The first kappa shape index (κ1) is 30.7. The molecule has 10 heteroatoms. The van der Waals surface area contributed by atoms with Gasteiger partial charge in [-0.05, 0) is 25.0 Å². The average molecular weight is 541 g/mol. The number of amides is 2. The third kappa shape index (κ3) is 11.6. The zero-order chi connectivity index (χ0) is 27.1. The molecule has 2 rings (SSSR count). The first-order valence-electron chi connectivity index (χ1n) is 13.3. The molecule has 0 fully saturated rings. The number of aromatic nitrogens is 2. The minimum atomic E-state index is -4.40. The van der Waals surface area contributed by atoms with E-state index in [0.717, 1.165) is 49.2 Å². The van der Waals surface area contributed by atoms with Gasteiger partial charge in [-0.1, -0.05) is 88.7 Å². The Labute approximate surface area is 222 Å². The molecule has 0 spiro atoms. The minimum absolute atomic E-state index is 0.0816. The standard InChI is InChI=1S/C27H39F3N4O2S/c1-3-5-6-7-8-9-10-11-12-13-24(36)34(19-4-2)20-18-23(35)31-26-33-32-25(37-26)21-14-16-22(17-15-21)27(28,29)30/h14-17H,3-13,18-20H2,1-2H3,(H,31,33,35). The number of nitrogens with one attached hydrogen (secondary N) is 1. The number of nitrogens with zero attached hydrogens (tertiary/aromatic N) is 3. The van der Waals surface area contributed by atoms with Crippen molar-refractivity contribution in [1.82, 2.24) is 15.1 Å². The van der Waals surface area contributed by atoms with Gasteiger partial charge in [-0.15, -0.1) is 10.2 Å². The van der Waals surface area contributed by atoms with E-state index in [1.165, 1.54) is 50.7 Å². The van der Waals surface area contributed by atoms with Crippen molar-refractivity contribution in [2.24, 2.45) is 0 Å². The Morgan fingerprint density at radius 1 is 0.838 bits per heavy atom. The molecular formula is C27H39F3N4O2S. The Hall–Kier alpha value is -2.49. The second kappa shape index (κ2) is 16.4. The molecule has 0 unspecified atom stereocenters. The summed E-state index contributed by atoms with van der Waals surface area (Å²) in [5.74, 6) is -0.204. The van der Waals surface area contributed by atoms with Crippen LogP contribution in [0, 0.1) is 0 Å². The van der Waals surface area contributed by atoms with Gasteiger partial charge in [0.2, 0.25) is 16.9 Å². The maximum Gasteiger partial charge on any atom is 0.416 e. The van der Waals surface area contributed by atoms with Gasteiger partial charge < -0.3 is 10.2 Å². The zero-order valence-electron chi connectivity index (χ0n) is 21.9. The van der Waals surface area contributed by atoms with Crippen LogP contribution in [0.25, 0.3) is 10.6 Å². The number of hydrogen-bond acceptors (Lipinski definition) is 5. The van der Waals surface area contributed by atoms with Crippen molar-refractivity contribution in [3.05, 3.63) is 29.8 Å². The van der Waals surface area contributed by atoms with Gasteiger partial charge in [-0.3, -0.25) is 9.59 Å². The predicted octanol–water partition coefficient (Wildman–Crippen LogP) is 7.71. The maximum absolute atomic E-state index is 12.7. The van der Waals surface area contributed by atoms with Crippen LogP contribution in [0.2, 0.25) is 0 Å². The summed E-state index contributed by atoms with van der Waals surface area (Å²) in [4.78, 5) is 26.8. The molecule has 0 radical (unpaired) electrons. The van der Waals surface area contributed by atoms with Gasteiger partial charge in [0.15, 0.2) is 0 Å². The molecule has 0 aliphatic heterocycles. The van der Waals surface area contributed by atoms with Crippen LogP contribution in [-0.2, 0) is 15.8 Å². The quantitative estimate of drug-likeness (QED) is 0.209. The smallest absolute Gasteiger partial charge is 0.342 e. The molecule has 0 atom stereocenters. The number of carbonyl (C=O) groups is 2. The average Bonchev–Trinajstić information content (AvgIpc) is 3.33. The molecule has 0 aliphatic carbocycles. The third-order valence-corrected chi connectivity index (χ3v) is 6.97. The zero-order valence-corrected chi connectivity index (χ0v) is 22.7. The molecule has 1 aromatic carbocycles. The third-order valence-electron chi connectivity index (χ3n) is 6.08. The van der Waals surface area contributed by atoms with Crippen LogP contribution in [0.5, 0.6) is 0 Å². The van der Waals surface area contributed by atoms with E-state index in [0.29, 0.717) is 30.1 Å².